The SMILES string of the molecule is O=C(Cn1nc2c(N3CCCCCC3)nccn2c1=O)Nc1ccccc1. The van der Waals surface area contributed by atoms with Crippen LogP contribution in [0.5, 0.6) is 0 Å². The van der Waals surface area contributed by atoms with Crippen molar-refractivity contribution in [3.05, 3.63) is 53.2 Å². The zero-order valence-electron chi connectivity index (χ0n) is 15.0. The number of para-hydroxylation sites is 1. The fourth-order valence-corrected chi connectivity index (χ4v) is 3.40. The molecule has 1 amide bonds. The summed E-state index contributed by atoms with van der Waals surface area (Å²) in [6.07, 6.45) is 7.84. The summed E-state index contributed by atoms with van der Waals surface area (Å²) in [5, 5.41) is 7.18. The van der Waals surface area contributed by atoms with E-state index in [0.717, 1.165) is 25.9 Å². The summed E-state index contributed by atoms with van der Waals surface area (Å²) in [6.45, 7) is 1.67. The smallest absolute Gasteiger partial charge is 0.350 e. The minimum atomic E-state index is -0.341. The molecule has 3 aromatic rings. The summed E-state index contributed by atoms with van der Waals surface area (Å²) in [5.41, 5.74) is 0.842. The van der Waals surface area contributed by atoms with Gasteiger partial charge in [0.25, 0.3) is 0 Å². The predicted molar refractivity (Wildman–Crippen MR) is 103 cm³/mol. The Bertz CT molecular complexity index is 986. The highest BCUT2D eigenvalue weighted by Crippen LogP contribution is 2.20. The molecular formula is C19H22N6O2. The van der Waals surface area contributed by atoms with Gasteiger partial charge in [-0.2, -0.15) is 0 Å². The van der Waals surface area contributed by atoms with Gasteiger partial charge in [-0.25, -0.2) is 18.9 Å². The maximum absolute atomic E-state index is 12.7. The summed E-state index contributed by atoms with van der Waals surface area (Å²) < 4.78 is 2.65. The largest absolute Gasteiger partial charge is 0.353 e. The van der Waals surface area contributed by atoms with Crippen molar-refractivity contribution >= 4 is 23.1 Å². The highest BCUT2D eigenvalue weighted by Gasteiger charge is 2.19. The van der Waals surface area contributed by atoms with Crippen molar-refractivity contribution in [3.8, 4) is 0 Å². The first-order valence-corrected chi connectivity index (χ1v) is 9.26. The maximum Gasteiger partial charge on any atom is 0.350 e. The van der Waals surface area contributed by atoms with Gasteiger partial charge < -0.3 is 10.2 Å². The Balaban J connectivity index is 1.60. The molecule has 0 saturated carbocycles. The molecule has 3 heterocycles. The maximum atomic E-state index is 12.7. The predicted octanol–water partition coefficient (Wildman–Crippen LogP) is 1.91. The monoisotopic (exact) mass is 366 g/mol. The highest BCUT2D eigenvalue weighted by molar-refractivity contribution is 5.90. The average molecular weight is 366 g/mol. The lowest BCUT2D eigenvalue weighted by atomic mass is 10.2. The summed E-state index contributed by atoms with van der Waals surface area (Å²) in [4.78, 5) is 31.6. The van der Waals surface area contributed by atoms with E-state index in [-0.39, 0.29) is 18.1 Å². The van der Waals surface area contributed by atoms with Gasteiger partial charge in [0.15, 0.2) is 5.82 Å². The van der Waals surface area contributed by atoms with Crippen LogP contribution in [-0.4, -0.2) is 38.2 Å². The number of rotatable bonds is 4. The lowest BCUT2D eigenvalue weighted by molar-refractivity contribution is -0.117. The van der Waals surface area contributed by atoms with Crippen LogP contribution < -0.4 is 15.9 Å². The van der Waals surface area contributed by atoms with Crippen LogP contribution in [0.15, 0.2) is 47.5 Å². The molecule has 27 heavy (non-hydrogen) atoms. The zero-order valence-corrected chi connectivity index (χ0v) is 15.0. The Morgan fingerprint density at radius 2 is 1.81 bits per heavy atom. The molecule has 1 fully saturated rings. The molecule has 1 aliphatic rings. The second-order valence-electron chi connectivity index (χ2n) is 6.70. The topological polar surface area (TPSA) is 84.5 Å². The molecule has 0 radical (unpaired) electrons. The van der Waals surface area contributed by atoms with Crippen LogP contribution in [0.25, 0.3) is 5.65 Å². The molecule has 0 unspecified atom stereocenters. The standard InChI is InChI=1S/C19H22N6O2/c26-16(21-15-8-4-3-5-9-15)14-25-19(27)24-13-10-20-17(18(24)22-25)23-11-6-1-2-7-12-23/h3-5,8-10,13H,1-2,6-7,11-12,14H2,(H,21,26). The van der Waals surface area contributed by atoms with Crippen LogP contribution in [0.1, 0.15) is 25.7 Å². The Hall–Kier alpha value is -3.16. The lowest BCUT2D eigenvalue weighted by Gasteiger charge is -2.20. The number of benzene rings is 1. The minimum Gasteiger partial charge on any atom is -0.353 e. The van der Waals surface area contributed by atoms with Gasteiger partial charge in [0.2, 0.25) is 11.6 Å². The fraction of sp³-hybridized carbons (Fsp3) is 0.368. The minimum absolute atomic E-state index is 0.144. The van der Waals surface area contributed by atoms with E-state index >= 15 is 0 Å². The van der Waals surface area contributed by atoms with Gasteiger partial charge in [0.05, 0.1) is 0 Å². The van der Waals surface area contributed by atoms with Crippen LogP contribution in [0.3, 0.4) is 0 Å². The molecule has 0 bridgehead atoms. The van der Waals surface area contributed by atoms with Crippen molar-refractivity contribution in [2.24, 2.45) is 0 Å². The number of anilines is 2. The van der Waals surface area contributed by atoms with Crippen molar-refractivity contribution in [2.45, 2.75) is 32.2 Å². The van der Waals surface area contributed by atoms with Crippen LogP contribution >= 0.6 is 0 Å². The number of fused-ring (bicyclic) bond motifs is 1. The van der Waals surface area contributed by atoms with Crippen LogP contribution in [0.2, 0.25) is 0 Å². The second kappa shape index (κ2) is 7.61. The zero-order chi connectivity index (χ0) is 18.6. The van der Waals surface area contributed by atoms with Gasteiger partial charge in [-0.05, 0) is 25.0 Å². The first-order chi connectivity index (χ1) is 13.2. The number of nitrogens with zero attached hydrogens (tertiary/aromatic N) is 5. The third-order valence-corrected chi connectivity index (χ3v) is 4.74. The van der Waals surface area contributed by atoms with E-state index in [2.05, 4.69) is 20.3 Å². The Morgan fingerprint density at radius 3 is 2.56 bits per heavy atom. The van der Waals surface area contributed by atoms with E-state index in [9.17, 15) is 9.59 Å². The van der Waals surface area contributed by atoms with Crippen molar-refractivity contribution in [1.29, 1.82) is 0 Å². The molecule has 1 N–H and O–H groups in total. The van der Waals surface area contributed by atoms with E-state index in [0.29, 0.717) is 17.2 Å². The highest BCUT2D eigenvalue weighted by atomic mass is 16.2. The van der Waals surface area contributed by atoms with E-state index in [1.54, 1.807) is 24.5 Å². The number of amides is 1. The van der Waals surface area contributed by atoms with Gasteiger partial charge in [-0.15, -0.1) is 5.10 Å². The number of carbonyl (C=O) groups excluding carboxylic acids is 1. The van der Waals surface area contributed by atoms with E-state index in [1.807, 2.05) is 18.2 Å². The van der Waals surface area contributed by atoms with Crippen molar-refractivity contribution in [1.82, 2.24) is 19.2 Å². The first-order valence-electron chi connectivity index (χ1n) is 9.26. The summed E-state index contributed by atoms with van der Waals surface area (Å²) >= 11 is 0. The molecule has 8 heteroatoms. The van der Waals surface area contributed by atoms with Gasteiger partial charge in [0.1, 0.15) is 6.54 Å². The van der Waals surface area contributed by atoms with E-state index in [4.69, 9.17) is 0 Å². The number of nitrogens with one attached hydrogen (secondary N) is 1. The third-order valence-electron chi connectivity index (χ3n) is 4.74. The number of aromatic nitrogens is 4. The summed E-state index contributed by atoms with van der Waals surface area (Å²) in [5.74, 6) is 0.412. The van der Waals surface area contributed by atoms with Crippen LogP contribution in [0, 0.1) is 0 Å². The van der Waals surface area contributed by atoms with Gasteiger partial charge >= 0.3 is 5.69 Å². The number of carbonyl (C=O) groups is 1. The van der Waals surface area contributed by atoms with Crippen LogP contribution in [0.4, 0.5) is 11.5 Å². The Kier molecular flexibility index (Phi) is 4.86. The molecule has 2 aromatic heterocycles. The van der Waals surface area contributed by atoms with E-state index in [1.165, 1.54) is 21.9 Å². The van der Waals surface area contributed by atoms with Gasteiger partial charge in [-0.1, -0.05) is 31.0 Å². The quantitative estimate of drug-likeness (QED) is 0.762. The number of hydrogen-bond acceptors (Lipinski definition) is 5. The molecule has 1 aromatic carbocycles. The Morgan fingerprint density at radius 1 is 1.07 bits per heavy atom. The second-order valence-corrected chi connectivity index (χ2v) is 6.70. The van der Waals surface area contributed by atoms with Crippen molar-refractivity contribution in [3.63, 3.8) is 0 Å². The molecule has 140 valence electrons. The van der Waals surface area contributed by atoms with Gasteiger partial charge in [-0.3, -0.25) is 4.79 Å². The normalized spacial score (nSPS) is 14.9. The molecule has 1 saturated heterocycles. The van der Waals surface area contributed by atoms with E-state index < -0.39 is 0 Å². The van der Waals surface area contributed by atoms with Crippen molar-refractivity contribution < 1.29 is 4.79 Å². The first kappa shape index (κ1) is 17.3. The number of hydrogen-bond donors (Lipinski definition) is 1. The van der Waals surface area contributed by atoms with Gasteiger partial charge in [0, 0.05) is 31.2 Å². The van der Waals surface area contributed by atoms with Crippen molar-refractivity contribution in [2.75, 3.05) is 23.3 Å². The molecule has 1 aliphatic heterocycles. The molecule has 0 spiro atoms. The lowest BCUT2D eigenvalue weighted by Crippen LogP contribution is -2.28. The molecular weight excluding hydrogens is 344 g/mol. The molecule has 0 aliphatic carbocycles. The molecule has 0 atom stereocenters. The third kappa shape index (κ3) is 3.69. The molecule has 8 nitrogen and oxygen atoms in total. The Labute approximate surface area is 156 Å². The summed E-state index contributed by atoms with van der Waals surface area (Å²) in [7, 11) is 0. The van der Waals surface area contributed by atoms with Crippen LogP contribution in [-0.2, 0) is 11.3 Å². The average Bonchev–Trinajstić information content (AvgIpc) is 2.87. The molecule has 4 rings (SSSR count). The summed E-state index contributed by atoms with van der Waals surface area (Å²) in [6, 6.07) is 9.15. The fourth-order valence-electron chi connectivity index (χ4n) is 3.40.